The smallest absolute Gasteiger partial charge is 0.253 e. The van der Waals surface area contributed by atoms with Crippen LogP contribution >= 0.6 is 11.6 Å². The number of sulfonamides is 1. The van der Waals surface area contributed by atoms with Crippen molar-refractivity contribution in [2.45, 2.75) is 0 Å². The molecule has 0 bridgehead atoms. The van der Waals surface area contributed by atoms with E-state index < -0.39 is 15.9 Å². The van der Waals surface area contributed by atoms with Gasteiger partial charge >= 0.3 is 0 Å². The lowest BCUT2D eigenvalue weighted by Crippen LogP contribution is -2.34. The Morgan fingerprint density at radius 2 is 2.06 bits per heavy atom. The first-order chi connectivity index (χ1) is 8.29. The van der Waals surface area contributed by atoms with E-state index in [0.717, 1.165) is 6.26 Å². The molecular weight excluding hydrogens is 278 g/mol. The van der Waals surface area contributed by atoms with Crippen LogP contribution in [0.1, 0.15) is 10.4 Å². The van der Waals surface area contributed by atoms with Crippen molar-refractivity contribution in [3.8, 4) is 0 Å². The van der Waals surface area contributed by atoms with Crippen LogP contribution in [-0.4, -0.2) is 33.7 Å². The number of halogens is 1. The molecule has 0 unspecified atom stereocenters. The van der Waals surface area contributed by atoms with E-state index in [1.807, 2.05) is 0 Å². The molecule has 0 atom stereocenters. The van der Waals surface area contributed by atoms with Crippen LogP contribution in [0, 0.1) is 0 Å². The van der Waals surface area contributed by atoms with Crippen molar-refractivity contribution in [2.24, 2.45) is 0 Å². The van der Waals surface area contributed by atoms with Crippen molar-refractivity contribution < 1.29 is 13.2 Å². The Kier molecular flexibility index (Phi) is 4.94. The molecule has 100 valence electrons. The Morgan fingerprint density at radius 1 is 1.39 bits per heavy atom. The van der Waals surface area contributed by atoms with Crippen LogP contribution < -0.4 is 15.8 Å². The van der Waals surface area contributed by atoms with Gasteiger partial charge in [0.05, 0.1) is 11.8 Å². The highest BCUT2D eigenvalue weighted by Gasteiger charge is 2.09. The van der Waals surface area contributed by atoms with Crippen LogP contribution in [-0.2, 0) is 10.0 Å². The molecule has 1 rings (SSSR count). The number of nitrogen functional groups attached to an aromatic ring is 1. The zero-order chi connectivity index (χ0) is 13.8. The van der Waals surface area contributed by atoms with Crippen LogP contribution in [0.3, 0.4) is 0 Å². The summed E-state index contributed by atoms with van der Waals surface area (Å²) in [4.78, 5) is 11.7. The van der Waals surface area contributed by atoms with Crippen LogP contribution in [0.4, 0.5) is 5.69 Å². The minimum absolute atomic E-state index is 0.116. The van der Waals surface area contributed by atoms with Crippen molar-refractivity contribution >= 4 is 33.2 Å². The van der Waals surface area contributed by atoms with Crippen molar-refractivity contribution in [1.29, 1.82) is 0 Å². The summed E-state index contributed by atoms with van der Waals surface area (Å²) >= 11 is 5.75. The molecule has 18 heavy (non-hydrogen) atoms. The molecule has 6 nitrogen and oxygen atoms in total. The summed E-state index contributed by atoms with van der Waals surface area (Å²) in [6.07, 6.45) is 1.05. The highest BCUT2D eigenvalue weighted by Crippen LogP contribution is 2.17. The Morgan fingerprint density at radius 3 is 2.67 bits per heavy atom. The van der Waals surface area contributed by atoms with Gasteiger partial charge < -0.3 is 11.1 Å². The van der Waals surface area contributed by atoms with Crippen molar-refractivity contribution in [2.75, 3.05) is 25.1 Å². The third-order valence-electron chi connectivity index (χ3n) is 2.03. The summed E-state index contributed by atoms with van der Waals surface area (Å²) in [5.41, 5.74) is 6.21. The lowest BCUT2D eigenvalue weighted by Gasteiger charge is -2.08. The standard InChI is InChI=1S/C10H14ClN3O3S/c1-18(16,17)14-5-4-13-10(15)8-6-7(11)2-3-9(8)12/h2-3,6,14H,4-5,12H2,1H3,(H,13,15). The predicted octanol–water partition coefficient (Wildman–Crippen LogP) is 0.201. The molecule has 1 aromatic rings. The number of anilines is 1. The van der Waals surface area contributed by atoms with Crippen LogP contribution in [0.15, 0.2) is 18.2 Å². The maximum atomic E-state index is 11.7. The van der Waals surface area contributed by atoms with Crippen LogP contribution in [0.25, 0.3) is 0 Å². The molecule has 0 saturated heterocycles. The van der Waals surface area contributed by atoms with Gasteiger partial charge in [0.1, 0.15) is 0 Å². The number of amides is 1. The predicted molar refractivity (Wildman–Crippen MR) is 71.0 cm³/mol. The second-order valence-corrected chi connectivity index (χ2v) is 5.92. The van der Waals surface area contributed by atoms with Gasteiger partial charge in [-0.3, -0.25) is 4.79 Å². The van der Waals surface area contributed by atoms with Gasteiger partial charge in [-0.1, -0.05) is 11.6 Å². The van der Waals surface area contributed by atoms with Gasteiger partial charge in [0.25, 0.3) is 5.91 Å². The van der Waals surface area contributed by atoms with Crippen LogP contribution in [0.5, 0.6) is 0 Å². The second kappa shape index (κ2) is 6.03. The zero-order valence-electron chi connectivity index (χ0n) is 9.73. The maximum absolute atomic E-state index is 11.7. The van der Waals surface area contributed by atoms with Gasteiger partial charge in [0.15, 0.2) is 0 Å². The van der Waals surface area contributed by atoms with E-state index in [-0.39, 0.29) is 18.7 Å². The van der Waals surface area contributed by atoms with Gasteiger partial charge in [0.2, 0.25) is 10.0 Å². The summed E-state index contributed by atoms with van der Waals surface area (Å²) in [6, 6.07) is 4.57. The van der Waals surface area contributed by atoms with E-state index in [4.69, 9.17) is 17.3 Å². The summed E-state index contributed by atoms with van der Waals surface area (Å²) in [5.74, 6) is -0.398. The molecule has 0 heterocycles. The molecule has 4 N–H and O–H groups in total. The second-order valence-electron chi connectivity index (χ2n) is 3.65. The molecule has 1 amide bonds. The van der Waals surface area contributed by atoms with Crippen LogP contribution in [0.2, 0.25) is 5.02 Å². The average Bonchev–Trinajstić information content (AvgIpc) is 2.26. The number of carbonyl (C=O) groups excluding carboxylic acids is 1. The van der Waals surface area contributed by atoms with Gasteiger partial charge in [-0.15, -0.1) is 0 Å². The molecule has 0 aromatic heterocycles. The van der Waals surface area contributed by atoms with Crippen molar-refractivity contribution in [3.05, 3.63) is 28.8 Å². The highest BCUT2D eigenvalue weighted by atomic mass is 35.5. The highest BCUT2D eigenvalue weighted by molar-refractivity contribution is 7.88. The number of rotatable bonds is 5. The number of benzene rings is 1. The quantitative estimate of drug-likeness (QED) is 0.533. The fraction of sp³-hybridized carbons (Fsp3) is 0.300. The summed E-state index contributed by atoms with van der Waals surface area (Å²) < 4.78 is 23.8. The first-order valence-corrected chi connectivity index (χ1v) is 7.34. The van der Waals surface area contributed by atoms with E-state index in [1.165, 1.54) is 12.1 Å². The SMILES string of the molecule is CS(=O)(=O)NCCNC(=O)c1cc(Cl)ccc1N. The topological polar surface area (TPSA) is 101 Å². The Balaban J connectivity index is 2.53. The van der Waals surface area contributed by atoms with Crippen molar-refractivity contribution in [3.63, 3.8) is 0 Å². The van der Waals surface area contributed by atoms with E-state index in [2.05, 4.69) is 10.0 Å². The molecule has 0 aliphatic heterocycles. The lowest BCUT2D eigenvalue weighted by molar-refractivity contribution is 0.0955. The normalized spacial score (nSPS) is 11.2. The molecule has 0 aliphatic rings. The van der Waals surface area contributed by atoms with E-state index >= 15 is 0 Å². The largest absolute Gasteiger partial charge is 0.398 e. The first-order valence-electron chi connectivity index (χ1n) is 5.07. The molecular formula is C10H14ClN3O3S. The molecule has 8 heteroatoms. The van der Waals surface area contributed by atoms with Gasteiger partial charge in [0, 0.05) is 23.8 Å². The first kappa shape index (κ1) is 14.7. The minimum Gasteiger partial charge on any atom is -0.398 e. The minimum atomic E-state index is -3.25. The molecule has 0 saturated carbocycles. The summed E-state index contributed by atoms with van der Waals surface area (Å²) in [6.45, 7) is 0.281. The summed E-state index contributed by atoms with van der Waals surface area (Å²) in [5, 5.41) is 2.94. The van der Waals surface area contributed by atoms with Gasteiger partial charge in [-0.25, -0.2) is 13.1 Å². The van der Waals surface area contributed by atoms with E-state index in [0.29, 0.717) is 10.7 Å². The lowest BCUT2D eigenvalue weighted by atomic mass is 10.1. The molecule has 0 aliphatic carbocycles. The fourth-order valence-electron chi connectivity index (χ4n) is 1.23. The number of carbonyl (C=O) groups is 1. The Hall–Kier alpha value is -1.31. The third kappa shape index (κ3) is 4.91. The van der Waals surface area contributed by atoms with Crippen molar-refractivity contribution in [1.82, 2.24) is 10.0 Å². The van der Waals surface area contributed by atoms with Gasteiger partial charge in [-0.05, 0) is 18.2 Å². The number of nitrogens with one attached hydrogen (secondary N) is 2. The van der Waals surface area contributed by atoms with Gasteiger partial charge in [-0.2, -0.15) is 0 Å². The molecule has 0 spiro atoms. The number of hydrogen-bond acceptors (Lipinski definition) is 4. The monoisotopic (exact) mass is 291 g/mol. The third-order valence-corrected chi connectivity index (χ3v) is 3.00. The number of nitrogens with two attached hydrogens (primary N) is 1. The van der Waals surface area contributed by atoms with E-state index in [1.54, 1.807) is 6.07 Å². The summed E-state index contributed by atoms with van der Waals surface area (Å²) in [7, 11) is -3.25. The molecule has 0 radical (unpaired) electrons. The molecule has 0 fully saturated rings. The zero-order valence-corrected chi connectivity index (χ0v) is 11.3. The molecule has 1 aromatic carbocycles. The van der Waals surface area contributed by atoms with E-state index in [9.17, 15) is 13.2 Å². The average molecular weight is 292 g/mol. The number of hydrogen-bond donors (Lipinski definition) is 3. The fourth-order valence-corrected chi connectivity index (χ4v) is 1.88. The Labute approximate surface area is 111 Å². The maximum Gasteiger partial charge on any atom is 0.253 e. The Bertz CT molecular complexity index is 545.